The van der Waals surface area contributed by atoms with Crippen LogP contribution in [0.3, 0.4) is 0 Å². The summed E-state index contributed by atoms with van der Waals surface area (Å²) in [5.41, 5.74) is 2.32. The number of aryl methyl sites for hydroxylation is 1. The number of hydrogen-bond acceptors (Lipinski definition) is 3. The minimum atomic E-state index is 0.111. The summed E-state index contributed by atoms with van der Waals surface area (Å²) in [5, 5.41) is 7.12. The van der Waals surface area contributed by atoms with E-state index in [0.29, 0.717) is 6.54 Å². The van der Waals surface area contributed by atoms with Gasteiger partial charge in [-0.3, -0.25) is 10.00 Å². The third-order valence-electron chi connectivity index (χ3n) is 4.56. The summed E-state index contributed by atoms with van der Waals surface area (Å²) in [6.07, 6.45) is 1.87. The Bertz CT molecular complexity index is 710. The summed E-state index contributed by atoms with van der Waals surface area (Å²) in [4.78, 5) is 21.0. The van der Waals surface area contributed by atoms with Gasteiger partial charge in [0.15, 0.2) is 5.82 Å². The fourth-order valence-electron chi connectivity index (χ4n) is 3.39. The molecular weight excluding hydrogens is 278 g/mol. The van der Waals surface area contributed by atoms with Crippen molar-refractivity contribution in [3.8, 4) is 0 Å². The number of para-hydroxylation sites is 1. The molecule has 4 rings (SSSR count). The molecule has 1 unspecified atom stereocenters. The van der Waals surface area contributed by atoms with Gasteiger partial charge >= 0.3 is 6.03 Å². The lowest BCUT2D eigenvalue weighted by molar-refractivity contribution is 0.215. The summed E-state index contributed by atoms with van der Waals surface area (Å²) in [5.74, 6) is 1.90. The Morgan fingerprint density at radius 3 is 3.00 bits per heavy atom. The molecule has 0 bridgehead atoms. The first kappa shape index (κ1) is 13.3. The van der Waals surface area contributed by atoms with Crippen LogP contribution in [0.15, 0.2) is 24.3 Å². The number of hydrogen-bond donors (Lipinski definition) is 1. The van der Waals surface area contributed by atoms with Gasteiger partial charge in [0.05, 0.1) is 0 Å². The van der Waals surface area contributed by atoms with E-state index in [4.69, 9.17) is 0 Å². The maximum absolute atomic E-state index is 12.8. The Labute approximate surface area is 129 Å². The molecule has 0 saturated carbocycles. The van der Waals surface area contributed by atoms with Crippen molar-refractivity contribution in [2.45, 2.75) is 25.7 Å². The number of nitrogens with zero attached hydrogens (tertiary/aromatic N) is 4. The summed E-state index contributed by atoms with van der Waals surface area (Å²) in [6.45, 7) is 4.15. The van der Waals surface area contributed by atoms with E-state index in [-0.39, 0.29) is 11.9 Å². The highest BCUT2D eigenvalue weighted by molar-refractivity contribution is 5.94. The molecule has 22 heavy (non-hydrogen) atoms. The third kappa shape index (κ3) is 2.15. The number of carbonyl (C=O) groups is 1. The Balaban J connectivity index is 1.49. The van der Waals surface area contributed by atoms with E-state index >= 15 is 0 Å². The zero-order valence-electron chi connectivity index (χ0n) is 12.6. The van der Waals surface area contributed by atoms with Gasteiger partial charge in [-0.05, 0) is 31.4 Å². The van der Waals surface area contributed by atoms with Gasteiger partial charge in [-0.2, -0.15) is 5.10 Å². The molecule has 1 fully saturated rings. The number of fused-ring (bicyclic) bond motifs is 1. The molecule has 3 heterocycles. The van der Waals surface area contributed by atoms with Gasteiger partial charge < -0.3 is 4.90 Å². The van der Waals surface area contributed by atoms with Gasteiger partial charge in [-0.25, -0.2) is 9.78 Å². The van der Waals surface area contributed by atoms with Gasteiger partial charge in [0.2, 0.25) is 0 Å². The van der Waals surface area contributed by atoms with E-state index in [2.05, 4.69) is 21.2 Å². The minimum absolute atomic E-state index is 0.111. The van der Waals surface area contributed by atoms with E-state index in [1.54, 1.807) is 0 Å². The number of rotatable bonds is 1. The number of carbonyl (C=O) groups excluding carboxylic acids is 1. The molecule has 0 spiro atoms. The van der Waals surface area contributed by atoms with Gasteiger partial charge in [-0.15, -0.1) is 0 Å². The highest BCUT2D eigenvalue weighted by Gasteiger charge is 2.34. The highest BCUT2D eigenvalue weighted by Crippen LogP contribution is 2.31. The van der Waals surface area contributed by atoms with Gasteiger partial charge in [0.25, 0.3) is 0 Å². The van der Waals surface area contributed by atoms with E-state index in [1.807, 2.05) is 34.9 Å². The molecule has 1 saturated heterocycles. The number of anilines is 1. The zero-order valence-corrected chi connectivity index (χ0v) is 12.6. The molecule has 2 amide bonds. The van der Waals surface area contributed by atoms with Crippen molar-refractivity contribution >= 4 is 11.7 Å². The van der Waals surface area contributed by atoms with Crippen molar-refractivity contribution in [1.82, 2.24) is 20.1 Å². The second-order valence-corrected chi connectivity index (χ2v) is 6.02. The molecule has 114 valence electrons. The standard InChI is InChI=1S/C16H19N5O/c1-11-17-15(19-18-11)13-6-8-20(10-13)16(22)21-9-7-12-4-2-3-5-14(12)21/h2-5,13H,6-10H2,1H3,(H,17,18,19). The Kier molecular flexibility index (Phi) is 3.10. The van der Waals surface area contributed by atoms with Crippen LogP contribution in [0.5, 0.6) is 0 Å². The van der Waals surface area contributed by atoms with Crippen LogP contribution in [0, 0.1) is 6.92 Å². The van der Waals surface area contributed by atoms with Crippen LogP contribution in [-0.4, -0.2) is 45.7 Å². The molecular formula is C16H19N5O. The van der Waals surface area contributed by atoms with Crippen molar-refractivity contribution in [3.63, 3.8) is 0 Å². The first-order chi connectivity index (χ1) is 10.7. The lowest BCUT2D eigenvalue weighted by atomic mass is 10.1. The van der Waals surface area contributed by atoms with Gasteiger partial charge in [0.1, 0.15) is 5.82 Å². The molecule has 1 aromatic heterocycles. The quantitative estimate of drug-likeness (QED) is 0.876. The molecule has 1 N–H and O–H groups in total. The highest BCUT2D eigenvalue weighted by atomic mass is 16.2. The molecule has 1 atom stereocenters. The van der Waals surface area contributed by atoms with Crippen LogP contribution in [0.4, 0.5) is 10.5 Å². The number of amides is 2. The van der Waals surface area contributed by atoms with Crippen molar-refractivity contribution in [3.05, 3.63) is 41.5 Å². The summed E-state index contributed by atoms with van der Waals surface area (Å²) in [7, 11) is 0. The largest absolute Gasteiger partial charge is 0.324 e. The minimum Gasteiger partial charge on any atom is -0.324 e. The predicted octanol–water partition coefficient (Wildman–Crippen LogP) is 2.09. The van der Waals surface area contributed by atoms with E-state index in [0.717, 1.165) is 43.3 Å². The zero-order chi connectivity index (χ0) is 15.1. The summed E-state index contributed by atoms with van der Waals surface area (Å²) >= 11 is 0. The lowest BCUT2D eigenvalue weighted by Gasteiger charge is -2.24. The maximum atomic E-state index is 12.8. The van der Waals surface area contributed by atoms with Gasteiger partial charge in [-0.1, -0.05) is 18.2 Å². The topological polar surface area (TPSA) is 65.1 Å². The van der Waals surface area contributed by atoms with Crippen LogP contribution < -0.4 is 4.90 Å². The number of nitrogens with one attached hydrogen (secondary N) is 1. The molecule has 2 aliphatic heterocycles. The second kappa shape index (κ2) is 5.12. The molecule has 2 aliphatic rings. The maximum Gasteiger partial charge on any atom is 0.324 e. The fourth-order valence-corrected chi connectivity index (χ4v) is 3.39. The first-order valence-corrected chi connectivity index (χ1v) is 7.75. The van der Waals surface area contributed by atoms with Crippen molar-refractivity contribution < 1.29 is 4.79 Å². The average Bonchev–Trinajstić information content (AvgIpc) is 3.25. The normalized spacial score (nSPS) is 20.5. The molecule has 0 aliphatic carbocycles. The number of likely N-dealkylation sites (tertiary alicyclic amines) is 1. The van der Waals surface area contributed by atoms with Crippen LogP contribution in [0.25, 0.3) is 0 Å². The van der Waals surface area contributed by atoms with Crippen LogP contribution in [0.2, 0.25) is 0 Å². The number of urea groups is 1. The number of aromatic nitrogens is 3. The van der Waals surface area contributed by atoms with Crippen molar-refractivity contribution in [1.29, 1.82) is 0 Å². The van der Waals surface area contributed by atoms with Crippen molar-refractivity contribution in [2.75, 3.05) is 24.5 Å². The van der Waals surface area contributed by atoms with E-state index in [9.17, 15) is 4.79 Å². The number of benzene rings is 1. The molecule has 1 aromatic carbocycles. The fraction of sp³-hybridized carbons (Fsp3) is 0.438. The smallest absolute Gasteiger partial charge is 0.324 e. The summed E-state index contributed by atoms with van der Waals surface area (Å²) < 4.78 is 0. The molecule has 6 nitrogen and oxygen atoms in total. The molecule has 0 radical (unpaired) electrons. The lowest BCUT2D eigenvalue weighted by Crippen LogP contribution is -2.41. The summed E-state index contributed by atoms with van der Waals surface area (Å²) in [6, 6.07) is 8.27. The number of H-pyrrole nitrogens is 1. The average molecular weight is 297 g/mol. The monoisotopic (exact) mass is 297 g/mol. The van der Waals surface area contributed by atoms with Crippen molar-refractivity contribution in [2.24, 2.45) is 0 Å². The van der Waals surface area contributed by atoms with Crippen LogP contribution >= 0.6 is 0 Å². The van der Waals surface area contributed by atoms with E-state index < -0.39 is 0 Å². The molecule has 6 heteroatoms. The second-order valence-electron chi connectivity index (χ2n) is 6.02. The van der Waals surface area contributed by atoms with Crippen LogP contribution in [-0.2, 0) is 6.42 Å². The Morgan fingerprint density at radius 1 is 1.32 bits per heavy atom. The Hall–Kier alpha value is -2.37. The van der Waals surface area contributed by atoms with E-state index in [1.165, 1.54) is 5.56 Å². The molecule has 2 aromatic rings. The first-order valence-electron chi connectivity index (χ1n) is 7.75. The predicted molar refractivity (Wildman–Crippen MR) is 82.9 cm³/mol. The SMILES string of the molecule is Cc1nc(C2CCN(C(=O)N3CCc4ccccc43)C2)n[nH]1. The van der Waals surface area contributed by atoms with Gasteiger partial charge in [0, 0.05) is 31.2 Å². The number of aromatic amines is 1. The third-order valence-corrected chi connectivity index (χ3v) is 4.56. The Morgan fingerprint density at radius 2 is 2.18 bits per heavy atom. The van der Waals surface area contributed by atoms with Crippen LogP contribution in [0.1, 0.15) is 29.6 Å².